The Balaban J connectivity index is 1.39. The van der Waals surface area contributed by atoms with E-state index in [-0.39, 0.29) is 61.2 Å². The van der Waals surface area contributed by atoms with Crippen molar-refractivity contribution < 1.29 is 28.5 Å². The van der Waals surface area contributed by atoms with E-state index in [0.29, 0.717) is 51.2 Å². The molecule has 2 bridgehead atoms. The molecule has 2 N–H and O–H groups in total. The molecule has 3 aromatic carbocycles. The minimum Gasteiger partial charge on any atom is -0.472 e. The molecule has 3 saturated heterocycles. The number of nitriles is 1. The lowest BCUT2D eigenvalue weighted by molar-refractivity contribution is 0.0512. The first-order valence-electron chi connectivity index (χ1n) is 19.0. The van der Waals surface area contributed by atoms with E-state index < -0.39 is 11.9 Å². The van der Waals surface area contributed by atoms with E-state index in [1.807, 2.05) is 49.4 Å². The number of nitrogens with one attached hydrogen (secondary N) is 1. The van der Waals surface area contributed by atoms with E-state index in [4.69, 9.17) is 19.2 Å². The Labute approximate surface area is 325 Å². The number of pyridine rings is 2. The van der Waals surface area contributed by atoms with Crippen molar-refractivity contribution in [3.63, 3.8) is 0 Å². The maximum absolute atomic E-state index is 17.9. The van der Waals surface area contributed by atoms with Crippen molar-refractivity contribution in [2.75, 3.05) is 39.4 Å². The topological polar surface area (TPSA) is 133 Å². The van der Waals surface area contributed by atoms with E-state index in [0.717, 1.165) is 36.6 Å². The highest BCUT2D eigenvalue weighted by Crippen LogP contribution is 2.47. The number of carbonyl (C=O) groups is 1. The number of aryl methyl sites for hydroxylation is 1. The fraction of sp³-hybridized carbons (Fsp3) is 0.364. The molecule has 5 aromatic rings. The van der Waals surface area contributed by atoms with Crippen LogP contribution in [0.25, 0.3) is 32.8 Å². The van der Waals surface area contributed by atoms with Gasteiger partial charge < -0.3 is 29.5 Å². The summed E-state index contributed by atoms with van der Waals surface area (Å²) in [7, 11) is 3.61. The van der Waals surface area contributed by atoms with Gasteiger partial charge in [0, 0.05) is 60.9 Å². The number of amides is 1. The number of aromatic nitrogens is 2. The summed E-state index contributed by atoms with van der Waals surface area (Å²) in [4.78, 5) is 25.2. The quantitative estimate of drug-likeness (QED) is 0.104. The molecule has 286 valence electrons. The molecule has 0 spiro atoms. The van der Waals surface area contributed by atoms with Gasteiger partial charge in [0.15, 0.2) is 12.6 Å². The average Bonchev–Trinajstić information content (AvgIpc) is 3.94. The van der Waals surface area contributed by atoms with Crippen LogP contribution in [0.2, 0.25) is 0 Å². The summed E-state index contributed by atoms with van der Waals surface area (Å²) in [5.41, 5.74) is 3.23. The number of halogens is 1. The number of ether oxygens (including phenoxy) is 3. The van der Waals surface area contributed by atoms with Crippen molar-refractivity contribution in [2.24, 2.45) is 5.92 Å². The Morgan fingerprint density at radius 1 is 1.16 bits per heavy atom. The van der Waals surface area contributed by atoms with E-state index >= 15 is 4.39 Å². The molecular weight excluding hydrogens is 712 g/mol. The first-order chi connectivity index (χ1) is 27.2. The molecule has 1 aliphatic carbocycles. The second kappa shape index (κ2) is 15.7. The molecule has 5 heterocycles. The van der Waals surface area contributed by atoms with Crippen LogP contribution < -0.4 is 14.8 Å². The van der Waals surface area contributed by atoms with Gasteiger partial charge in [-0.1, -0.05) is 36.1 Å². The maximum atomic E-state index is 17.9. The predicted molar refractivity (Wildman–Crippen MR) is 211 cm³/mol. The summed E-state index contributed by atoms with van der Waals surface area (Å²) in [6.45, 7) is 3.37. The van der Waals surface area contributed by atoms with Crippen LogP contribution in [-0.2, 0) is 11.2 Å². The Hall–Kier alpha value is -5.95. The van der Waals surface area contributed by atoms with Crippen LogP contribution in [0.15, 0.2) is 67.0 Å². The molecule has 4 aliphatic rings. The number of anilines is 1. The van der Waals surface area contributed by atoms with Crippen LogP contribution in [0.1, 0.15) is 49.3 Å². The molecule has 1 saturated carbocycles. The van der Waals surface area contributed by atoms with E-state index in [1.54, 1.807) is 24.5 Å². The molecule has 12 heteroatoms. The first-order valence-corrected chi connectivity index (χ1v) is 19.0. The number of likely N-dealkylation sites (tertiary alicyclic amines) is 1. The number of rotatable bonds is 11. The molecule has 0 radical (unpaired) electrons. The summed E-state index contributed by atoms with van der Waals surface area (Å²) in [6, 6.07) is 18.8. The molecule has 3 unspecified atom stereocenters. The molecule has 56 heavy (non-hydrogen) atoms. The number of nitrogens with zero attached hydrogens (tertiary/aromatic N) is 5. The van der Waals surface area contributed by atoms with Crippen LogP contribution in [0.3, 0.4) is 0 Å². The zero-order valence-electron chi connectivity index (χ0n) is 31.6. The highest BCUT2D eigenvalue weighted by Gasteiger charge is 2.54. The summed E-state index contributed by atoms with van der Waals surface area (Å²) in [6.07, 6.45) is 5.20. The molecular formula is C44H43FN6O5. The lowest BCUT2D eigenvalue weighted by atomic mass is 9.79. The molecule has 5 atom stereocenters. The van der Waals surface area contributed by atoms with Crippen molar-refractivity contribution in [1.82, 2.24) is 19.8 Å². The number of methoxy groups -OCH3 is 1. The van der Waals surface area contributed by atoms with Crippen molar-refractivity contribution >= 4 is 33.5 Å². The van der Waals surface area contributed by atoms with Gasteiger partial charge in [-0.3, -0.25) is 9.88 Å². The summed E-state index contributed by atoms with van der Waals surface area (Å²) in [5.74, 6) is 6.74. The second-order valence-corrected chi connectivity index (χ2v) is 14.9. The lowest BCUT2D eigenvalue weighted by Crippen LogP contribution is -2.49. The third-order valence-corrected chi connectivity index (χ3v) is 11.5. The van der Waals surface area contributed by atoms with Crippen LogP contribution in [0.4, 0.5) is 14.9 Å². The van der Waals surface area contributed by atoms with Gasteiger partial charge in [0.25, 0.3) is 0 Å². The monoisotopic (exact) mass is 754 g/mol. The largest absolute Gasteiger partial charge is 0.472 e. The highest BCUT2D eigenvalue weighted by molar-refractivity contribution is 6.04. The van der Waals surface area contributed by atoms with E-state index in [9.17, 15) is 15.2 Å². The van der Waals surface area contributed by atoms with Gasteiger partial charge in [-0.05, 0) is 98.4 Å². The van der Waals surface area contributed by atoms with Gasteiger partial charge in [0.05, 0.1) is 23.8 Å². The minimum absolute atomic E-state index is 0.0102. The third-order valence-electron chi connectivity index (χ3n) is 11.5. The van der Waals surface area contributed by atoms with Crippen molar-refractivity contribution in [1.29, 1.82) is 5.26 Å². The molecule has 2 aromatic heterocycles. The molecule has 1 amide bonds. The van der Waals surface area contributed by atoms with Gasteiger partial charge in [0.2, 0.25) is 5.88 Å². The van der Waals surface area contributed by atoms with Crippen molar-refractivity contribution in [3.05, 3.63) is 89.5 Å². The predicted octanol–water partition coefficient (Wildman–Crippen LogP) is 7.45. The first kappa shape index (κ1) is 37.0. The summed E-state index contributed by atoms with van der Waals surface area (Å²) < 4.78 is 35.8. The van der Waals surface area contributed by atoms with Crippen molar-refractivity contribution in [3.8, 4) is 40.7 Å². The number of likely N-dealkylation sites (N-methyl/N-ethyl adjacent to an activating group) is 1. The Morgan fingerprint density at radius 3 is 2.75 bits per heavy atom. The summed E-state index contributed by atoms with van der Waals surface area (Å²) in [5, 5.41) is 25.6. The van der Waals surface area contributed by atoms with Crippen LogP contribution in [-0.4, -0.2) is 89.2 Å². The van der Waals surface area contributed by atoms with Crippen LogP contribution in [0.5, 0.6) is 11.6 Å². The Morgan fingerprint density at radius 2 is 2.02 bits per heavy atom. The standard InChI is InChI=1S/C44H43FN6O5/c1-26(36-13-8-18-50(36)2)56-43-33(15-14-27-9-7-17-47-23-27)41(48-40-30-21-37(40)51(24-30)44(52)53)35-20-29(11-6-16-46)38(39(45)42(35)49-43)34-22-31(55-25-54-3)19-28-10-4-5-12-32(28)34/h4-5,7,9-10,12,17,19-20,22-23,26,30,36-37,40H,6,8,11,13,18,21,24-25H2,1-3H3,(H,48,49)(H,52,53)/t26-,30?,36-,37?,40?/m0/s1. The smallest absolute Gasteiger partial charge is 0.407 e. The van der Waals surface area contributed by atoms with Gasteiger partial charge >= 0.3 is 6.09 Å². The van der Waals surface area contributed by atoms with E-state index in [2.05, 4.69) is 40.2 Å². The van der Waals surface area contributed by atoms with Gasteiger partial charge in [-0.15, -0.1) is 0 Å². The third kappa shape index (κ3) is 6.91. The van der Waals surface area contributed by atoms with Crippen LogP contribution >= 0.6 is 0 Å². The summed E-state index contributed by atoms with van der Waals surface area (Å²) >= 11 is 0. The molecule has 9 rings (SSSR count). The number of benzene rings is 3. The lowest BCUT2D eigenvalue weighted by Gasteiger charge is -2.37. The molecule has 4 fully saturated rings. The van der Waals surface area contributed by atoms with Gasteiger partial charge in [0.1, 0.15) is 22.9 Å². The van der Waals surface area contributed by atoms with Crippen molar-refractivity contribution in [2.45, 2.75) is 63.3 Å². The van der Waals surface area contributed by atoms with E-state index in [1.165, 1.54) is 12.0 Å². The molecule has 3 aliphatic heterocycles. The number of carboxylic acid groups (broad SMARTS) is 1. The van der Waals surface area contributed by atoms with Crippen LogP contribution in [0, 0.1) is 34.9 Å². The zero-order chi connectivity index (χ0) is 38.9. The second-order valence-electron chi connectivity index (χ2n) is 14.9. The highest BCUT2D eigenvalue weighted by atomic mass is 19.1. The minimum atomic E-state index is -0.963. The maximum Gasteiger partial charge on any atom is 0.407 e. The van der Waals surface area contributed by atoms with Gasteiger partial charge in [-0.2, -0.15) is 5.26 Å². The fourth-order valence-electron chi connectivity index (χ4n) is 8.70. The number of hydrogen-bond acceptors (Lipinski definition) is 9. The molecule has 11 nitrogen and oxygen atoms in total. The van der Waals surface area contributed by atoms with Gasteiger partial charge in [-0.25, -0.2) is 14.2 Å². The SMILES string of the molecule is COCOc1cc(-c2c(CCC#N)cc3c(NC4C5CC4N(C(=O)O)C5)c(C#Cc4cccnc4)c(O[C@@H](C)[C@@H]4CCCN4C)nc3c2F)c2ccccc2c1. The number of hydrogen-bond donors (Lipinski definition) is 2. The zero-order valence-corrected chi connectivity index (χ0v) is 31.6. The number of fused-ring (bicyclic) bond motifs is 3. The fourth-order valence-corrected chi connectivity index (χ4v) is 8.70. The Bertz CT molecular complexity index is 2410. The normalized spacial score (nSPS) is 20.6. The average molecular weight is 755 g/mol. The Kier molecular flexibility index (Phi) is 10.3.